The first kappa shape index (κ1) is 9.39. The van der Waals surface area contributed by atoms with Crippen LogP contribution in [-0.2, 0) is 0 Å². The quantitative estimate of drug-likeness (QED) is 0.776. The summed E-state index contributed by atoms with van der Waals surface area (Å²) in [5, 5.41) is 6.55. The minimum atomic E-state index is -0.0971. The van der Waals surface area contributed by atoms with Crippen molar-refractivity contribution in [3.05, 3.63) is 42.5 Å². The van der Waals surface area contributed by atoms with Gasteiger partial charge in [-0.2, -0.15) is 5.10 Å². The molecule has 0 spiro atoms. The maximum atomic E-state index is 11.3. The summed E-state index contributed by atoms with van der Waals surface area (Å²) in [4.78, 5) is 15.1. The fraction of sp³-hybridized carbons (Fsp3) is 0.100. The normalized spacial score (nSPS) is 9.93. The highest BCUT2D eigenvalue weighted by molar-refractivity contribution is 5.94. The molecule has 1 aromatic heterocycles. The number of hydrogen-bond donors (Lipinski definition) is 1. The molecule has 0 unspecified atom stereocenters. The summed E-state index contributed by atoms with van der Waals surface area (Å²) in [6.45, 7) is 0. The van der Waals surface area contributed by atoms with Crippen LogP contribution in [0.4, 0.5) is 0 Å². The van der Waals surface area contributed by atoms with E-state index in [0.717, 1.165) is 5.69 Å². The molecule has 5 nitrogen and oxygen atoms in total. The molecule has 0 saturated carbocycles. The zero-order chi connectivity index (χ0) is 10.7. The summed E-state index contributed by atoms with van der Waals surface area (Å²) in [5.74, 6) is -0.0971. The Balaban J connectivity index is 2.29. The Bertz CT molecular complexity index is 447. The largest absolute Gasteiger partial charge is 0.355 e. The summed E-state index contributed by atoms with van der Waals surface area (Å²) in [5.41, 5.74) is 1.50. The zero-order valence-corrected chi connectivity index (χ0v) is 8.21. The second-order valence-corrected chi connectivity index (χ2v) is 2.97. The highest BCUT2D eigenvalue weighted by atomic mass is 16.1. The van der Waals surface area contributed by atoms with E-state index in [-0.39, 0.29) is 5.91 Å². The van der Waals surface area contributed by atoms with Crippen molar-refractivity contribution in [2.75, 3.05) is 7.05 Å². The van der Waals surface area contributed by atoms with Gasteiger partial charge in [-0.3, -0.25) is 4.79 Å². The van der Waals surface area contributed by atoms with Crippen molar-refractivity contribution >= 4 is 5.91 Å². The maximum absolute atomic E-state index is 11.3. The maximum Gasteiger partial charge on any atom is 0.251 e. The fourth-order valence-electron chi connectivity index (χ4n) is 1.25. The molecule has 2 aromatic rings. The van der Waals surface area contributed by atoms with Gasteiger partial charge < -0.3 is 5.32 Å². The van der Waals surface area contributed by atoms with Crippen LogP contribution in [0.25, 0.3) is 5.69 Å². The molecule has 1 amide bonds. The van der Waals surface area contributed by atoms with Gasteiger partial charge in [0, 0.05) is 12.6 Å². The molecule has 0 saturated heterocycles. The number of benzene rings is 1. The van der Waals surface area contributed by atoms with Crippen LogP contribution in [0.1, 0.15) is 10.4 Å². The van der Waals surface area contributed by atoms with Crippen LogP contribution >= 0.6 is 0 Å². The van der Waals surface area contributed by atoms with E-state index >= 15 is 0 Å². The van der Waals surface area contributed by atoms with Crippen LogP contribution in [0.15, 0.2) is 36.9 Å². The molecule has 0 aliphatic heterocycles. The number of carbonyl (C=O) groups is 1. The number of nitrogens with one attached hydrogen (secondary N) is 1. The predicted molar refractivity (Wildman–Crippen MR) is 54.7 cm³/mol. The standard InChI is InChI=1S/C10H10N4O/c1-11-10(15)8-2-4-9(5-3-8)14-7-12-6-13-14/h2-7H,1H3,(H,11,15). The van der Waals surface area contributed by atoms with Crippen LogP contribution in [0.3, 0.4) is 0 Å². The summed E-state index contributed by atoms with van der Waals surface area (Å²) < 4.78 is 1.63. The second kappa shape index (κ2) is 3.91. The van der Waals surface area contributed by atoms with Gasteiger partial charge in [-0.25, -0.2) is 9.67 Å². The third-order valence-electron chi connectivity index (χ3n) is 2.04. The molecule has 1 aromatic carbocycles. The molecule has 0 radical (unpaired) electrons. The van der Waals surface area contributed by atoms with Gasteiger partial charge in [0.15, 0.2) is 0 Å². The third-order valence-corrected chi connectivity index (χ3v) is 2.04. The van der Waals surface area contributed by atoms with E-state index in [1.54, 1.807) is 30.2 Å². The molecule has 1 heterocycles. The van der Waals surface area contributed by atoms with Crippen LogP contribution in [0.2, 0.25) is 0 Å². The van der Waals surface area contributed by atoms with Crippen molar-refractivity contribution < 1.29 is 4.79 Å². The highest BCUT2D eigenvalue weighted by Crippen LogP contribution is 2.07. The number of rotatable bonds is 2. The molecule has 0 atom stereocenters. The van der Waals surface area contributed by atoms with Crippen LogP contribution in [0.5, 0.6) is 0 Å². The smallest absolute Gasteiger partial charge is 0.251 e. The van der Waals surface area contributed by atoms with E-state index in [0.29, 0.717) is 5.56 Å². The Morgan fingerprint density at radius 3 is 2.60 bits per heavy atom. The molecule has 15 heavy (non-hydrogen) atoms. The molecule has 0 aliphatic carbocycles. The van der Waals surface area contributed by atoms with Gasteiger partial charge in [0.2, 0.25) is 0 Å². The first-order chi connectivity index (χ1) is 7.31. The number of amides is 1. The van der Waals surface area contributed by atoms with Gasteiger partial charge in [0.1, 0.15) is 12.7 Å². The molecule has 1 N–H and O–H groups in total. The van der Waals surface area contributed by atoms with E-state index in [1.807, 2.05) is 12.1 Å². The average molecular weight is 202 g/mol. The Kier molecular flexibility index (Phi) is 2.45. The Labute approximate surface area is 86.8 Å². The van der Waals surface area contributed by atoms with Crippen LogP contribution in [0, 0.1) is 0 Å². The van der Waals surface area contributed by atoms with Crippen LogP contribution in [-0.4, -0.2) is 27.7 Å². The Morgan fingerprint density at radius 1 is 1.33 bits per heavy atom. The third kappa shape index (κ3) is 1.85. The van der Waals surface area contributed by atoms with Gasteiger partial charge in [0.25, 0.3) is 5.91 Å². The molecule has 76 valence electrons. The van der Waals surface area contributed by atoms with Gasteiger partial charge in [-0.1, -0.05) is 0 Å². The minimum Gasteiger partial charge on any atom is -0.355 e. The molecule has 5 heteroatoms. The summed E-state index contributed by atoms with van der Waals surface area (Å²) >= 11 is 0. The van der Waals surface area contributed by atoms with E-state index < -0.39 is 0 Å². The molecule has 2 rings (SSSR count). The lowest BCUT2D eigenvalue weighted by Gasteiger charge is -2.02. The number of hydrogen-bond acceptors (Lipinski definition) is 3. The Hall–Kier alpha value is -2.17. The molecule has 0 fully saturated rings. The first-order valence-electron chi connectivity index (χ1n) is 4.48. The highest BCUT2D eigenvalue weighted by Gasteiger charge is 2.02. The fourth-order valence-corrected chi connectivity index (χ4v) is 1.25. The predicted octanol–water partition coefficient (Wildman–Crippen LogP) is 0.627. The van der Waals surface area contributed by atoms with Crippen molar-refractivity contribution in [3.8, 4) is 5.69 Å². The molecular weight excluding hydrogens is 192 g/mol. The Morgan fingerprint density at radius 2 is 2.07 bits per heavy atom. The molecule has 0 aliphatic rings. The van der Waals surface area contributed by atoms with E-state index in [4.69, 9.17) is 0 Å². The number of carbonyl (C=O) groups excluding carboxylic acids is 1. The topological polar surface area (TPSA) is 59.8 Å². The SMILES string of the molecule is CNC(=O)c1ccc(-n2cncn2)cc1. The molecular formula is C10H10N4O. The van der Waals surface area contributed by atoms with Crippen molar-refractivity contribution in [1.29, 1.82) is 0 Å². The van der Waals surface area contributed by atoms with Crippen molar-refractivity contribution in [2.45, 2.75) is 0 Å². The van der Waals surface area contributed by atoms with E-state index in [9.17, 15) is 4.79 Å². The average Bonchev–Trinajstić information content (AvgIpc) is 2.82. The number of aromatic nitrogens is 3. The zero-order valence-electron chi connectivity index (χ0n) is 8.21. The van der Waals surface area contributed by atoms with Crippen molar-refractivity contribution in [1.82, 2.24) is 20.1 Å². The lowest BCUT2D eigenvalue weighted by molar-refractivity contribution is 0.0963. The molecule has 0 bridgehead atoms. The summed E-state index contributed by atoms with van der Waals surface area (Å²) in [6.07, 6.45) is 3.07. The van der Waals surface area contributed by atoms with Gasteiger partial charge in [0.05, 0.1) is 5.69 Å². The van der Waals surface area contributed by atoms with Crippen molar-refractivity contribution in [2.24, 2.45) is 0 Å². The first-order valence-corrected chi connectivity index (χ1v) is 4.48. The lowest BCUT2D eigenvalue weighted by Crippen LogP contribution is -2.17. The van der Waals surface area contributed by atoms with E-state index in [1.165, 1.54) is 6.33 Å². The monoisotopic (exact) mass is 202 g/mol. The lowest BCUT2D eigenvalue weighted by atomic mass is 10.2. The second-order valence-electron chi connectivity index (χ2n) is 2.97. The minimum absolute atomic E-state index is 0.0971. The van der Waals surface area contributed by atoms with Gasteiger partial charge in [-0.15, -0.1) is 0 Å². The summed E-state index contributed by atoms with van der Waals surface area (Å²) in [6, 6.07) is 7.13. The van der Waals surface area contributed by atoms with Gasteiger partial charge in [-0.05, 0) is 24.3 Å². The van der Waals surface area contributed by atoms with Crippen molar-refractivity contribution in [3.63, 3.8) is 0 Å². The number of nitrogens with zero attached hydrogens (tertiary/aromatic N) is 3. The summed E-state index contributed by atoms with van der Waals surface area (Å²) in [7, 11) is 1.60. The van der Waals surface area contributed by atoms with Gasteiger partial charge >= 0.3 is 0 Å². The van der Waals surface area contributed by atoms with E-state index in [2.05, 4.69) is 15.4 Å². The van der Waals surface area contributed by atoms with Crippen LogP contribution < -0.4 is 5.32 Å².